The van der Waals surface area contributed by atoms with Crippen molar-refractivity contribution in [3.63, 3.8) is 0 Å². The highest BCUT2D eigenvalue weighted by molar-refractivity contribution is 7.90. The maximum absolute atomic E-state index is 12.3. The third-order valence-corrected chi connectivity index (χ3v) is 5.70. The molecule has 2 aromatic rings. The first-order valence-corrected chi connectivity index (χ1v) is 10.4. The molecule has 0 unspecified atom stereocenters. The summed E-state index contributed by atoms with van der Waals surface area (Å²) < 4.78 is 31.7. The number of nitrogens with zero attached hydrogens (tertiary/aromatic N) is 1. The van der Waals surface area contributed by atoms with Crippen LogP contribution < -0.4 is 10.0 Å². The van der Waals surface area contributed by atoms with Crippen LogP contribution in [-0.4, -0.2) is 38.3 Å². The molecule has 2 aromatic carbocycles. The summed E-state index contributed by atoms with van der Waals surface area (Å²) in [5.74, 6) is -1.15. The van der Waals surface area contributed by atoms with Gasteiger partial charge in [-0.25, -0.2) is 13.2 Å². The number of anilines is 1. The van der Waals surface area contributed by atoms with Crippen LogP contribution in [0.4, 0.5) is 5.69 Å². The van der Waals surface area contributed by atoms with Gasteiger partial charge in [0.1, 0.15) is 11.9 Å². The fraction of sp³-hybridized carbons (Fsp3) is 0.250. The van der Waals surface area contributed by atoms with Gasteiger partial charge in [-0.1, -0.05) is 29.8 Å². The molecule has 0 aromatic heterocycles. The number of nitrogens with one attached hydrogen (secondary N) is 2. The highest BCUT2D eigenvalue weighted by Gasteiger charge is 2.31. The fourth-order valence-electron chi connectivity index (χ4n) is 2.68. The number of amides is 1. The topological polar surface area (TPSA) is 114 Å². The molecular weight excluding hydrogens is 394 g/mol. The summed E-state index contributed by atoms with van der Waals surface area (Å²) in [6, 6.07) is 12.5. The number of fused-ring (bicyclic) bond motifs is 1. The molecule has 9 heteroatoms. The zero-order valence-corrected chi connectivity index (χ0v) is 17.0. The third-order valence-electron chi connectivity index (χ3n) is 4.31. The lowest BCUT2D eigenvalue weighted by Crippen LogP contribution is -2.33. The van der Waals surface area contributed by atoms with Crippen LogP contribution in [0.5, 0.6) is 0 Å². The molecule has 29 heavy (non-hydrogen) atoms. The molecule has 1 aliphatic rings. The van der Waals surface area contributed by atoms with Crippen LogP contribution in [0.2, 0.25) is 0 Å². The number of rotatable bonds is 5. The minimum absolute atomic E-state index is 0.0711. The maximum Gasteiger partial charge on any atom is 0.331 e. The number of amidine groups is 1. The summed E-state index contributed by atoms with van der Waals surface area (Å²) in [5.41, 5.74) is 2.03. The molecule has 0 spiro atoms. The van der Waals surface area contributed by atoms with Gasteiger partial charge in [-0.15, -0.1) is 0 Å². The molecule has 0 radical (unpaired) electrons. The number of aliphatic imine (C=N–C) groups is 1. The number of hydrogen-bond donors (Lipinski definition) is 2. The van der Waals surface area contributed by atoms with Crippen molar-refractivity contribution in [2.45, 2.75) is 37.8 Å². The van der Waals surface area contributed by atoms with E-state index in [1.165, 1.54) is 19.9 Å². The van der Waals surface area contributed by atoms with Gasteiger partial charge >= 0.3 is 5.97 Å². The van der Waals surface area contributed by atoms with Gasteiger partial charge in [0.25, 0.3) is 15.9 Å². The summed E-state index contributed by atoms with van der Waals surface area (Å²) >= 11 is 0. The van der Waals surface area contributed by atoms with Gasteiger partial charge in [-0.3, -0.25) is 14.5 Å². The van der Waals surface area contributed by atoms with Gasteiger partial charge in [0, 0.05) is 11.3 Å². The van der Waals surface area contributed by atoms with Crippen molar-refractivity contribution in [2.75, 3.05) is 5.32 Å². The molecule has 0 saturated heterocycles. The zero-order valence-electron chi connectivity index (χ0n) is 16.2. The lowest BCUT2D eigenvalue weighted by Gasteiger charge is -2.15. The van der Waals surface area contributed by atoms with E-state index in [0.29, 0.717) is 11.3 Å². The minimum atomic E-state index is -3.70. The molecule has 2 N–H and O–H groups in total. The summed E-state index contributed by atoms with van der Waals surface area (Å²) in [4.78, 5) is 28.8. The van der Waals surface area contributed by atoms with Crippen molar-refractivity contribution in [2.24, 2.45) is 4.99 Å². The van der Waals surface area contributed by atoms with Gasteiger partial charge in [0.2, 0.25) is 0 Å². The van der Waals surface area contributed by atoms with E-state index in [9.17, 15) is 18.0 Å². The van der Waals surface area contributed by atoms with Crippen LogP contribution in [0.15, 0.2) is 58.4 Å². The van der Waals surface area contributed by atoms with Crippen LogP contribution in [0.25, 0.3) is 0 Å². The second-order valence-electron chi connectivity index (χ2n) is 6.69. The maximum atomic E-state index is 12.3. The fourth-order valence-corrected chi connectivity index (χ4v) is 3.92. The first kappa shape index (κ1) is 20.5. The van der Waals surface area contributed by atoms with E-state index in [1.807, 2.05) is 19.1 Å². The number of carbonyl (C=O) groups is 2. The van der Waals surface area contributed by atoms with Gasteiger partial charge in [0.05, 0.1) is 4.90 Å². The average Bonchev–Trinajstić information content (AvgIpc) is 2.94. The summed E-state index contributed by atoms with van der Waals surface area (Å²) in [5, 5.41) is 2.67. The molecule has 8 nitrogen and oxygen atoms in total. The van der Waals surface area contributed by atoms with Gasteiger partial charge in [-0.2, -0.15) is 0 Å². The Morgan fingerprint density at radius 3 is 2.41 bits per heavy atom. The second kappa shape index (κ2) is 8.04. The standard InChI is InChI=1S/C20H21N3O5S/c1-12-8-10-15(11-9-12)22-19(24)14(3)28-20(25)13(2)21-18-16-6-4-5-7-17(16)29(26,27)23-18/h4-11,13-14H,1-3H3,(H,21,23)(H,22,24)/t13-,14-/m0/s1. The van der Waals surface area contributed by atoms with E-state index >= 15 is 0 Å². The molecule has 0 aliphatic carbocycles. The van der Waals surface area contributed by atoms with E-state index in [1.54, 1.807) is 30.3 Å². The number of esters is 1. The second-order valence-corrected chi connectivity index (χ2v) is 8.34. The molecule has 152 valence electrons. The van der Waals surface area contributed by atoms with E-state index < -0.39 is 34.0 Å². The van der Waals surface area contributed by atoms with Crippen LogP contribution >= 0.6 is 0 Å². The van der Waals surface area contributed by atoms with E-state index in [0.717, 1.165) is 5.56 Å². The van der Waals surface area contributed by atoms with E-state index in [2.05, 4.69) is 15.0 Å². The molecule has 1 amide bonds. The SMILES string of the molecule is Cc1ccc(NC(=O)[C@H](C)OC(=O)[C@H](C)N=C2NS(=O)(=O)c3ccccc32)cc1. The van der Waals surface area contributed by atoms with Crippen molar-refractivity contribution in [1.29, 1.82) is 0 Å². The lowest BCUT2D eigenvalue weighted by molar-refractivity contribution is -0.153. The Kier molecular flexibility index (Phi) is 5.69. The third kappa shape index (κ3) is 4.62. The van der Waals surface area contributed by atoms with Crippen LogP contribution in [0.1, 0.15) is 25.0 Å². The van der Waals surface area contributed by atoms with Gasteiger partial charge < -0.3 is 10.1 Å². The number of hydrogen-bond acceptors (Lipinski definition) is 6. The molecule has 0 bridgehead atoms. The van der Waals surface area contributed by atoms with Crippen LogP contribution in [0.3, 0.4) is 0 Å². The van der Waals surface area contributed by atoms with Crippen molar-refractivity contribution >= 4 is 33.4 Å². The number of ether oxygens (including phenoxy) is 1. The number of sulfonamides is 1. The smallest absolute Gasteiger partial charge is 0.331 e. The highest BCUT2D eigenvalue weighted by Crippen LogP contribution is 2.22. The summed E-state index contributed by atoms with van der Waals surface area (Å²) in [6.07, 6.45) is -1.04. The average molecular weight is 415 g/mol. The Bertz CT molecular complexity index is 1080. The molecular formula is C20H21N3O5S. The Labute approximate surface area is 169 Å². The predicted molar refractivity (Wildman–Crippen MR) is 108 cm³/mol. The quantitative estimate of drug-likeness (QED) is 0.725. The normalized spacial score (nSPS) is 17.7. The Morgan fingerprint density at radius 2 is 1.72 bits per heavy atom. The zero-order chi connectivity index (χ0) is 21.2. The predicted octanol–water partition coefficient (Wildman–Crippen LogP) is 1.99. The molecule has 0 saturated carbocycles. The minimum Gasteiger partial charge on any atom is -0.451 e. The number of aryl methyl sites for hydroxylation is 1. The lowest BCUT2D eigenvalue weighted by atomic mass is 10.2. The summed E-state index contributed by atoms with van der Waals surface area (Å²) in [7, 11) is -3.70. The first-order chi connectivity index (χ1) is 13.7. The Hall–Kier alpha value is -3.20. The Morgan fingerprint density at radius 1 is 1.07 bits per heavy atom. The molecule has 1 aliphatic heterocycles. The number of benzene rings is 2. The molecule has 0 fully saturated rings. The Balaban J connectivity index is 1.65. The molecule has 2 atom stereocenters. The molecule has 3 rings (SSSR count). The number of carbonyl (C=O) groups excluding carboxylic acids is 2. The summed E-state index contributed by atoms with van der Waals surface area (Å²) in [6.45, 7) is 4.85. The highest BCUT2D eigenvalue weighted by atomic mass is 32.2. The monoisotopic (exact) mass is 415 g/mol. The van der Waals surface area contributed by atoms with Gasteiger partial charge in [0.15, 0.2) is 6.10 Å². The van der Waals surface area contributed by atoms with Crippen LogP contribution in [-0.2, 0) is 24.3 Å². The van der Waals surface area contributed by atoms with Crippen molar-refractivity contribution in [3.8, 4) is 0 Å². The van der Waals surface area contributed by atoms with E-state index in [-0.39, 0.29) is 10.7 Å². The van der Waals surface area contributed by atoms with E-state index in [4.69, 9.17) is 4.74 Å². The first-order valence-electron chi connectivity index (χ1n) is 8.95. The van der Waals surface area contributed by atoms with Crippen molar-refractivity contribution < 1.29 is 22.7 Å². The van der Waals surface area contributed by atoms with Gasteiger partial charge in [-0.05, 0) is 45.0 Å². The van der Waals surface area contributed by atoms with Crippen molar-refractivity contribution in [1.82, 2.24) is 4.72 Å². The largest absolute Gasteiger partial charge is 0.451 e. The molecule has 1 heterocycles. The van der Waals surface area contributed by atoms with Crippen molar-refractivity contribution in [3.05, 3.63) is 59.7 Å². The van der Waals surface area contributed by atoms with Crippen LogP contribution in [0, 0.1) is 6.92 Å².